The van der Waals surface area contributed by atoms with Crippen LogP contribution in [0.5, 0.6) is 5.75 Å². The summed E-state index contributed by atoms with van der Waals surface area (Å²) in [4.78, 5) is 34.7. The predicted molar refractivity (Wildman–Crippen MR) is 101 cm³/mol. The minimum absolute atomic E-state index is 0.138. The Morgan fingerprint density at radius 3 is 2.30 bits per heavy atom. The minimum atomic E-state index is -1.11. The highest BCUT2D eigenvalue weighted by molar-refractivity contribution is 5.97. The Morgan fingerprint density at radius 2 is 1.70 bits per heavy atom. The van der Waals surface area contributed by atoms with Gasteiger partial charge in [-0.05, 0) is 68.3 Å². The number of benzene rings is 2. The summed E-state index contributed by atoms with van der Waals surface area (Å²) in [6.45, 7) is 5.21. The molecule has 1 atom stereocenters. The van der Waals surface area contributed by atoms with Gasteiger partial charge in [0.2, 0.25) is 0 Å². The van der Waals surface area contributed by atoms with Crippen molar-refractivity contribution in [1.29, 1.82) is 0 Å². The average Bonchev–Trinajstić information content (AvgIpc) is 2.63. The highest BCUT2D eigenvalue weighted by Gasteiger charge is 2.15. The van der Waals surface area contributed by atoms with Gasteiger partial charge in [0.25, 0.3) is 11.8 Å². The van der Waals surface area contributed by atoms with Crippen molar-refractivity contribution >= 4 is 23.5 Å². The molecule has 0 aliphatic rings. The van der Waals surface area contributed by atoms with Gasteiger partial charge in [-0.2, -0.15) is 0 Å². The zero-order chi connectivity index (χ0) is 20.0. The highest BCUT2D eigenvalue weighted by Crippen LogP contribution is 2.16. The Hall–Kier alpha value is -3.35. The van der Waals surface area contributed by atoms with Crippen LogP contribution in [0.2, 0.25) is 0 Å². The fraction of sp³-hybridized carbons (Fsp3) is 0.250. The van der Waals surface area contributed by atoms with Crippen molar-refractivity contribution in [2.75, 3.05) is 11.9 Å². The van der Waals surface area contributed by atoms with Gasteiger partial charge in [-0.15, -0.1) is 0 Å². The second-order valence-electron chi connectivity index (χ2n) is 6.19. The number of rotatable bonds is 7. The number of carboxylic acids is 1. The van der Waals surface area contributed by atoms with Crippen LogP contribution in [0.25, 0.3) is 0 Å². The highest BCUT2D eigenvalue weighted by atomic mass is 16.5. The first-order valence-electron chi connectivity index (χ1n) is 8.40. The normalized spacial score (nSPS) is 11.4. The third kappa shape index (κ3) is 5.85. The van der Waals surface area contributed by atoms with Gasteiger partial charge in [-0.1, -0.05) is 6.07 Å². The quantitative estimate of drug-likeness (QED) is 0.695. The molecule has 27 heavy (non-hydrogen) atoms. The number of nitrogens with one attached hydrogen (secondary N) is 2. The molecule has 0 heterocycles. The van der Waals surface area contributed by atoms with E-state index in [1.165, 1.54) is 19.1 Å². The number of ether oxygens (including phenoxy) is 1. The molecule has 0 aliphatic heterocycles. The fourth-order valence-electron chi connectivity index (χ4n) is 2.20. The number of carboxylic acid groups (broad SMARTS) is 1. The summed E-state index contributed by atoms with van der Waals surface area (Å²) in [5.74, 6) is -1.32. The summed E-state index contributed by atoms with van der Waals surface area (Å²) < 4.78 is 5.47. The number of hydrogen-bond donors (Lipinski definition) is 3. The Labute approximate surface area is 157 Å². The molecule has 0 aromatic heterocycles. The Balaban J connectivity index is 1.88. The van der Waals surface area contributed by atoms with E-state index < -0.39 is 17.9 Å². The van der Waals surface area contributed by atoms with E-state index in [0.717, 1.165) is 11.1 Å². The molecule has 0 saturated heterocycles. The SMILES string of the molecule is Cc1ccc(OCC(=O)Nc2ccc(C(=O)NC(C)C(=O)O)cc2)cc1C. The topological polar surface area (TPSA) is 105 Å². The molecular formula is C20H22N2O5. The third-order valence-electron chi connectivity index (χ3n) is 4.00. The first-order valence-corrected chi connectivity index (χ1v) is 8.40. The van der Waals surface area contributed by atoms with Crippen LogP contribution in [-0.4, -0.2) is 35.5 Å². The lowest BCUT2D eigenvalue weighted by molar-refractivity contribution is -0.138. The van der Waals surface area contributed by atoms with Gasteiger partial charge in [0, 0.05) is 11.3 Å². The number of carbonyl (C=O) groups is 3. The van der Waals surface area contributed by atoms with Crippen LogP contribution in [-0.2, 0) is 9.59 Å². The van der Waals surface area contributed by atoms with E-state index in [1.54, 1.807) is 18.2 Å². The number of aryl methyl sites for hydroxylation is 2. The van der Waals surface area contributed by atoms with Crippen molar-refractivity contribution in [2.45, 2.75) is 26.8 Å². The summed E-state index contributed by atoms with van der Waals surface area (Å²) in [7, 11) is 0. The molecule has 1 unspecified atom stereocenters. The first kappa shape index (κ1) is 20.0. The van der Waals surface area contributed by atoms with Gasteiger partial charge in [0.1, 0.15) is 11.8 Å². The molecule has 7 nitrogen and oxygen atoms in total. The van der Waals surface area contributed by atoms with Crippen LogP contribution in [0.4, 0.5) is 5.69 Å². The molecule has 142 valence electrons. The van der Waals surface area contributed by atoms with Crippen molar-refractivity contribution in [3.05, 3.63) is 59.2 Å². The van der Waals surface area contributed by atoms with Gasteiger partial charge in [0.05, 0.1) is 0 Å². The summed E-state index contributed by atoms with van der Waals surface area (Å²) in [6.07, 6.45) is 0. The van der Waals surface area contributed by atoms with E-state index >= 15 is 0 Å². The molecule has 2 rings (SSSR count). The van der Waals surface area contributed by atoms with Crippen molar-refractivity contribution in [1.82, 2.24) is 5.32 Å². The standard InChI is InChI=1S/C20H22N2O5/c1-12-4-9-17(10-13(12)2)27-11-18(23)22-16-7-5-15(6-8-16)19(24)21-14(3)20(25)26/h4-10,14H,11H2,1-3H3,(H,21,24)(H,22,23)(H,25,26). The van der Waals surface area contributed by atoms with Crippen LogP contribution in [0.1, 0.15) is 28.4 Å². The lowest BCUT2D eigenvalue weighted by Crippen LogP contribution is -2.38. The van der Waals surface area contributed by atoms with Crippen molar-refractivity contribution in [2.24, 2.45) is 0 Å². The van der Waals surface area contributed by atoms with Gasteiger partial charge < -0.3 is 20.5 Å². The molecule has 3 N–H and O–H groups in total. The fourth-order valence-corrected chi connectivity index (χ4v) is 2.20. The molecule has 0 bridgehead atoms. The summed E-state index contributed by atoms with van der Waals surface area (Å²) >= 11 is 0. The van der Waals surface area contributed by atoms with Gasteiger partial charge in [0.15, 0.2) is 6.61 Å². The smallest absolute Gasteiger partial charge is 0.325 e. The van der Waals surface area contributed by atoms with Gasteiger partial charge in [-0.25, -0.2) is 0 Å². The summed E-state index contributed by atoms with van der Waals surface area (Å²) in [5.41, 5.74) is 3.03. The number of anilines is 1. The largest absolute Gasteiger partial charge is 0.484 e. The minimum Gasteiger partial charge on any atom is -0.484 e. The molecule has 0 fully saturated rings. The maximum Gasteiger partial charge on any atom is 0.325 e. The van der Waals surface area contributed by atoms with Crippen LogP contribution in [0, 0.1) is 13.8 Å². The monoisotopic (exact) mass is 370 g/mol. The molecule has 0 spiro atoms. The molecule has 0 radical (unpaired) electrons. The zero-order valence-electron chi connectivity index (χ0n) is 15.4. The predicted octanol–water partition coefficient (Wildman–Crippen LogP) is 2.52. The van der Waals surface area contributed by atoms with E-state index in [-0.39, 0.29) is 12.5 Å². The molecule has 2 aromatic rings. The Kier molecular flexibility index (Phi) is 6.54. The van der Waals surface area contributed by atoms with E-state index in [1.807, 2.05) is 26.0 Å². The van der Waals surface area contributed by atoms with Crippen LogP contribution in [0.15, 0.2) is 42.5 Å². The second kappa shape index (κ2) is 8.84. The first-order chi connectivity index (χ1) is 12.8. The number of amides is 2. The van der Waals surface area contributed by atoms with E-state index in [9.17, 15) is 14.4 Å². The maximum absolute atomic E-state index is 12.0. The molecule has 7 heteroatoms. The molecule has 2 amide bonds. The number of carbonyl (C=O) groups excluding carboxylic acids is 2. The van der Waals surface area contributed by atoms with Crippen LogP contribution < -0.4 is 15.4 Å². The van der Waals surface area contributed by atoms with Crippen molar-refractivity contribution < 1.29 is 24.2 Å². The second-order valence-corrected chi connectivity index (χ2v) is 6.19. The van der Waals surface area contributed by atoms with E-state index in [4.69, 9.17) is 9.84 Å². The molecule has 0 saturated carbocycles. The number of aliphatic carboxylic acids is 1. The van der Waals surface area contributed by atoms with E-state index in [2.05, 4.69) is 10.6 Å². The van der Waals surface area contributed by atoms with E-state index in [0.29, 0.717) is 17.0 Å². The Bertz CT molecular complexity index is 846. The lowest BCUT2D eigenvalue weighted by atomic mass is 10.1. The van der Waals surface area contributed by atoms with Crippen LogP contribution >= 0.6 is 0 Å². The molecule has 2 aromatic carbocycles. The number of hydrogen-bond acceptors (Lipinski definition) is 4. The molecule has 0 aliphatic carbocycles. The van der Waals surface area contributed by atoms with Crippen molar-refractivity contribution in [3.63, 3.8) is 0 Å². The third-order valence-corrected chi connectivity index (χ3v) is 4.00. The Morgan fingerprint density at radius 1 is 1.04 bits per heavy atom. The average molecular weight is 370 g/mol. The molecular weight excluding hydrogens is 348 g/mol. The summed E-state index contributed by atoms with van der Waals surface area (Å²) in [6, 6.07) is 10.8. The zero-order valence-corrected chi connectivity index (χ0v) is 15.4. The van der Waals surface area contributed by atoms with Gasteiger partial charge in [-0.3, -0.25) is 14.4 Å². The van der Waals surface area contributed by atoms with Crippen molar-refractivity contribution in [3.8, 4) is 5.75 Å². The van der Waals surface area contributed by atoms with Gasteiger partial charge >= 0.3 is 5.97 Å². The lowest BCUT2D eigenvalue weighted by Gasteiger charge is -2.11. The maximum atomic E-state index is 12.0. The summed E-state index contributed by atoms with van der Waals surface area (Å²) in [5, 5.41) is 13.8. The van der Waals surface area contributed by atoms with Crippen LogP contribution in [0.3, 0.4) is 0 Å².